The van der Waals surface area contributed by atoms with E-state index in [4.69, 9.17) is 5.11 Å². The van der Waals surface area contributed by atoms with Crippen LogP contribution in [0.5, 0.6) is 0 Å². The van der Waals surface area contributed by atoms with Gasteiger partial charge in [0.15, 0.2) is 0 Å². The van der Waals surface area contributed by atoms with E-state index in [-0.39, 0.29) is 18.6 Å². The van der Waals surface area contributed by atoms with Gasteiger partial charge < -0.3 is 20.6 Å². The van der Waals surface area contributed by atoms with E-state index in [9.17, 15) is 4.79 Å². The summed E-state index contributed by atoms with van der Waals surface area (Å²) >= 11 is 0. The molecule has 2 amide bonds. The molecular formula is C14H23N3O2. The van der Waals surface area contributed by atoms with Gasteiger partial charge in [0.2, 0.25) is 0 Å². The number of nitrogens with one attached hydrogen (secondary N) is 2. The molecule has 0 aliphatic rings. The lowest BCUT2D eigenvalue weighted by molar-refractivity contribution is 0.243. The second-order valence-electron chi connectivity index (χ2n) is 4.89. The van der Waals surface area contributed by atoms with Gasteiger partial charge in [-0.1, -0.05) is 6.92 Å². The molecular weight excluding hydrogens is 242 g/mol. The number of hydrogen-bond donors (Lipinski definition) is 3. The Bertz CT molecular complexity index is 390. The van der Waals surface area contributed by atoms with Crippen molar-refractivity contribution < 1.29 is 9.90 Å². The maximum atomic E-state index is 11.6. The highest BCUT2D eigenvalue weighted by atomic mass is 16.3. The largest absolute Gasteiger partial charge is 0.396 e. The molecule has 0 aliphatic heterocycles. The number of aliphatic hydroxyl groups excluding tert-OH is 1. The summed E-state index contributed by atoms with van der Waals surface area (Å²) < 4.78 is 0. The van der Waals surface area contributed by atoms with Crippen molar-refractivity contribution in [2.75, 3.05) is 37.5 Å². The lowest BCUT2D eigenvalue weighted by atomic mass is 10.1. The molecule has 0 radical (unpaired) electrons. The van der Waals surface area contributed by atoms with Crippen LogP contribution in [0.25, 0.3) is 0 Å². The number of carbonyl (C=O) groups excluding carboxylic acids is 1. The molecule has 1 aromatic carbocycles. The van der Waals surface area contributed by atoms with Gasteiger partial charge in [0.25, 0.3) is 0 Å². The molecule has 5 heteroatoms. The minimum absolute atomic E-state index is 0.149. The summed E-state index contributed by atoms with van der Waals surface area (Å²) in [7, 11) is 3.94. The summed E-state index contributed by atoms with van der Waals surface area (Å²) in [5.41, 5.74) is 1.85. The fourth-order valence-corrected chi connectivity index (χ4v) is 1.61. The topological polar surface area (TPSA) is 64.6 Å². The molecule has 0 aliphatic carbocycles. The van der Waals surface area contributed by atoms with Crippen molar-refractivity contribution >= 4 is 17.4 Å². The summed E-state index contributed by atoms with van der Waals surface area (Å²) in [6.45, 7) is 2.70. The van der Waals surface area contributed by atoms with E-state index in [0.29, 0.717) is 13.0 Å². The summed E-state index contributed by atoms with van der Waals surface area (Å²) in [4.78, 5) is 13.6. The highest BCUT2D eigenvalue weighted by Gasteiger charge is 2.05. The highest BCUT2D eigenvalue weighted by molar-refractivity contribution is 5.89. The van der Waals surface area contributed by atoms with Crippen molar-refractivity contribution in [3.8, 4) is 0 Å². The number of urea groups is 1. The SMILES string of the molecule is CC(CCO)CNC(=O)Nc1ccc(N(C)C)cc1. The molecule has 1 unspecified atom stereocenters. The molecule has 0 heterocycles. The molecule has 0 saturated heterocycles. The second-order valence-corrected chi connectivity index (χ2v) is 4.89. The quantitative estimate of drug-likeness (QED) is 0.736. The molecule has 0 bridgehead atoms. The molecule has 19 heavy (non-hydrogen) atoms. The summed E-state index contributed by atoms with van der Waals surface area (Å²) in [5, 5.41) is 14.3. The van der Waals surface area contributed by atoms with Crippen molar-refractivity contribution in [3.63, 3.8) is 0 Å². The fraction of sp³-hybridized carbons (Fsp3) is 0.500. The average Bonchev–Trinajstić information content (AvgIpc) is 2.37. The first kappa shape index (κ1) is 15.3. The minimum Gasteiger partial charge on any atom is -0.396 e. The number of nitrogens with zero attached hydrogens (tertiary/aromatic N) is 1. The van der Waals surface area contributed by atoms with E-state index in [0.717, 1.165) is 11.4 Å². The number of amides is 2. The van der Waals surface area contributed by atoms with E-state index in [1.165, 1.54) is 0 Å². The van der Waals surface area contributed by atoms with E-state index in [2.05, 4.69) is 10.6 Å². The van der Waals surface area contributed by atoms with Gasteiger partial charge in [-0.05, 0) is 36.6 Å². The smallest absolute Gasteiger partial charge is 0.319 e. The van der Waals surface area contributed by atoms with Gasteiger partial charge in [0.1, 0.15) is 0 Å². The Morgan fingerprint density at radius 1 is 1.32 bits per heavy atom. The van der Waals surface area contributed by atoms with Gasteiger partial charge in [-0.25, -0.2) is 4.79 Å². The van der Waals surface area contributed by atoms with Gasteiger partial charge >= 0.3 is 6.03 Å². The van der Waals surface area contributed by atoms with Crippen LogP contribution in [0, 0.1) is 5.92 Å². The molecule has 5 nitrogen and oxygen atoms in total. The zero-order chi connectivity index (χ0) is 14.3. The summed E-state index contributed by atoms with van der Waals surface area (Å²) in [6.07, 6.45) is 0.692. The number of hydrogen-bond acceptors (Lipinski definition) is 3. The first-order chi connectivity index (χ1) is 9.02. The molecule has 1 aromatic rings. The van der Waals surface area contributed by atoms with Gasteiger partial charge in [-0.15, -0.1) is 0 Å². The Morgan fingerprint density at radius 2 is 1.95 bits per heavy atom. The van der Waals surface area contributed by atoms with Gasteiger partial charge in [-0.2, -0.15) is 0 Å². The second kappa shape index (κ2) is 7.63. The van der Waals surface area contributed by atoms with Crippen LogP contribution < -0.4 is 15.5 Å². The van der Waals surface area contributed by atoms with Gasteiger partial charge in [0, 0.05) is 38.6 Å². The Labute approximate surface area is 114 Å². The molecule has 1 rings (SSSR count). The number of anilines is 2. The Hall–Kier alpha value is -1.75. The molecule has 1 atom stereocenters. The predicted molar refractivity (Wildman–Crippen MR) is 78.7 cm³/mol. The number of rotatable bonds is 6. The first-order valence-electron chi connectivity index (χ1n) is 6.46. The molecule has 0 saturated carbocycles. The van der Waals surface area contributed by atoms with E-state index in [1.54, 1.807) is 0 Å². The van der Waals surface area contributed by atoms with Crippen LogP contribution in [0.2, 0.25) is 0 Å². The molecule has 0 aromatic heterocycles. The predicted octanol–water partition coefficient (Wildman–Crippen LogP) is 1.89. The molecule has 3 N–H and O–H groups in total. The monoisotopic (exact) mass is 265 g/mol. The molecule has 0 fully saturated rings. The first-order valence-corrected chi connectivity index (χ1v) is 6.46. The van der Waals surface area contributed by atoms with Crippen LogP contribution in [0.15, 0.2) is 24.3 Å². The van der Waals surface area contributed by atoms with Crippen molar-refractivity contribution in [2.45, 2.75) is 13.3 Å². The lowest BCUT2D eigenvalue weighted by Crippen LogP contribution is -2.32. The maximum Gasteiger partial charge on any atom is 0.319 e. The Morgan fingerprint density at radius 3 is 2.47 bits per heavy atom. The van der Waals surface area contributed by atoms with Crippen LogP contribution in [0.1, 0.15) is 13.3 Å². The molecule has 106 valence electrons. The van der Waals surface area contributed by atoms with E-state index in [1.807, 2.05) is 50.2 Å². The minimum atomic E-state index is -0.220. The molecule has 0 spiro atoms. The third kappa shape index (κ3) is 5.61. The number of aliphatic hydroxyl groups is 1. The van der Waals surface area contributed by atoms with E-state index < -0.39 is 0 Å². The van der Waals surface area contributed by atoms with Gasteiger partial charge in [0.05, 0.1) is 0 Å². The number of benzene rings is 1. The average molecular weight is 265 g/mol. The normalized spacial score (nSPS) is 11.8. The zero-order valence-electron chi connectivity index (χ0n) is 11.8. The Kier molecular flexibility index (Phi) is 6.15. The maximum absolute atomic E-state index is 11.6. The van der Waals surface area contributed by atoms with Crippen LogP contribution in [0.3, 0.4) is 0 Å². The van der Waals surface area contributed by atoms with E-state index >= 15 is 0 Å². The summed E-state index contributed by atoms with van der Waals surface area (Å²) in [5.74, 6) is 0.270. The zero-order valence-corrected chi connectivity index (χ0v) is 11.8. The van der Waals surface area contributed by atoms with Crippen molar-refractivity contribution in [2.24, 2.45) is 5.92 Å². The van der Waals surface area contributed by atoms with Crippen LogP contribution in [0.4, 0.5) is 16.2 Å². The fourth-order valence-electron chi connectivity index (χ4n) is 1.61. The van der Waals surface area contributed by atoms with Crippen molar-refractivity contribution in [1.82, 2.24) is 5.32 Å². The standard InChI is InChI=1S/C14H23N3O2/c1-11(8-9-18)10-15-14(19)16-12-4-6-13(7-5-12)17(2)3/h4-7,11,18H,8-10H2,1-3H3,(H2,15,16,19). The van der Waals surface area contributed by atoms with Gasteiger partial charge in [-0.3, -0.25) is 0 Å². The number of carbonyl (C=O) groups is 1. The lowest BCUT2D eigenvalue weighted by Gasteiger charge is -2.14. The van der Waals surface area contributed by atoms with Crippen molar-refractivity contribution in [3.05, 3.63) is 24.3 Å². The third-order valence-electron chi connectivity index (χ3n) is 2.87. The van der Waals surface area contributed by atoms with Crippen LogP contribution in [-0.2, 0) is 0 Å². The van der Waals surface area contributed by atoms with Crippen LogP contribution >= 0.6 is 0 Å². The van der Waals surface area contributed by atoms with Crippen molar-refractivity contribution in [1.29, 1.82) is 0 Å². The summed E-state index contributed by atoms with van der Waals surface area (Å²) in [6, 6.07) is 7.41. The highest BCUT2D eigenvalue weighted by Crippen LogP contribution is 2.15. The van der Waals surface area contributed by atoms with Crippen LogP contribution in [-0.4, -0.2) is 38.4 Å². The third-order valence-corrected chi connectivity index (χ3v) is 2.87. The Balaban J connectivity index is 2.40.